The second-order valence-electron chi connectivity index (χ2n) is 10.1. The van der Waals surface area contributed by atoms with Crippen LogP contribution < -0.4 is 9.62 Å². The Bertz CT molecular complexity index is 1430. The molecule has 7 nitrogen and oxygen atoms in total. The third-order valence-corrected chi connectivity index (χ3v) is 9.19. The Balaban J connectivity index is 2.11. The number of halogens is 2. The van der Waals surface area contributed by atoms with Crippen LogP contribution in [0.25, 0.3) is 0 Å². The van der Waals surface area contributed by atoms with E-state index in [2.05, 4.69) is 5.32 Å². The zero-order valence-electron chi connectivity index (χ0n) is 23.8. The summed E-state index contributed by atoms with van der Waals surface area (Å²) in [4.78, 5) is 29.0. The second kappa shape index (κ2) is 14.7. The van der Waals surface area contributed by atoms with Crippen LogP contribution in [0.4, 0.5) is 5.69 Å². The lowest BCUT2D eigenvalue weighted by atomic mass is 10.1. The summed E-state index contributed by atoms with van der Waals surface area (Å²) in [6.07, 6.45) is 0.855. The fraction of sp³-hybridized carbons (Fsp3) is 0.355. The Labute approximate surface area is 253 Å². The third kappa shape index (κ3) is 8.03. The van der Waals surface area contributed by atoms with Crippen LogP contribution in [0.2, 0.25) is 10.0 Å². The van der Waals surface area contributed by atoms with Gasteiger partial charge in [-0.25, -0.2) is 8.42 Å². The normalized spacial score (nSPS) is 12.2. The standard InChI is InChI=1S/C31H37Cl2N3O4S/c1-5-23-13-10-11-18-29(23)36(41(39,40)24-14-8-7-9-15-24)21-30(37)35(20-25-26(32)16-12-17-27(25)33)28(6-2)31(38)34-19-22(3)4/h7-18,22,28H,5-6,19-21H2,1-4H3,(H,34,38)/t28-/m0/s1. The van der Waals surface area contributed by atoms with Crippen molar-refractivity contribution in [2.75, 3.05) is 17.4 Å². The zero-order valence-corrected chi connectivity index (χ0v) is 26.1. The van der Waals surface area contributed by atoms with E-state index in [1.807, 2.05) is 32.9 Å². The predicted molar refractivity (Wildman–Crippen MR) is 166 cm³/mol. The molecule has 220 valence electrons. The van der Waals surface area contributed by atoms with E-state index >= 15 is 0 Å². The van der Waals surface area contributed by atoms with Gasteiger partial charge in [0.25, 0.3) is 10.0 Å². The van der Waals surface area contributed by atoms with E-state index in [1.165, 1.54) is 17.0 Å². The van der Waals surface area contributed by atoms with Gasteiger partial charge in [0, 0.05) is 28.7 Å². The van der Waals surface area contributed by atoms with Gasteiger partial charge in [0.15, 0.2) is 0 Å². The van der Waals surface area contributed by atoms with Crippen LogP contribution in [0.5, 0.6) is 0 Å². The van der Waals surface area contributed by atoms with E-state index in [0.717, 1.165) is 9.87 Å². The first kappa shape index (κ1) is 32.4. The molecule has 0 aliphatic carbocycles. The van der Waals surface area contributed by atoms with E-state index < -0.39 is 28.5 Å². The number of aryl methyl sites for hydroxylation is 1. The van der Waals surface area contributed by atoms with Crippen molar-refractivity contribution in [2.45, 2.75) is 58.0 Å². The minimum absolute atomic E-state index is 0.0566. The Morgan fingerprint density at radius 2 is 1.49 bits per heavy atom. The van der Waals surface area contributed by atoms with Crippen LogP contribution in [-0.4, -0.2) is 44.3 Å². The summed E-state index contributed by atoms with van der Waals surface area (Å²) in [5, 5.41) is 3.60. The highest BCUT2D eigenvalue weighted by Crippen LogP contribution is 2.30. The Morgan fingerprint density at radius 3 is 2.07 bits per heavy atom. The number of para-hydroxylation sites is 1. The number of anilines is 1. The summed E-state index contributed by atoms with van der Waals surface area (Å²) in [5.74, 6) is -0.683. The first-order valence-corrected chi connectivity index (χ1v) is 15.9. The van der Waals surface area contributed by atoms with Gasteiger partial charge in [0.1, 0.15) is 12.6 Å². The van der Waals surface area contributed by atoms with Crippen molar-refractivity contribution in [1.82, 2.24) is 10.2 Å². The van der Waals surface area contributed by atoms with Gasteiger partial charge >= 0.3 is 0 Å². The fourth-order valence-corrected chi connectivity index (χ4v) is 6.47. The molecule has 10 heteroatoms. The molecule has 0 spiro atoms. The summed E-state index contributed by atoms with van der Waals surface area (Å²) < 4.78 is 29.1. The summed E-state index contributed by atoms with van der Waals surface area (Å²) in [5.41, 5.74) is 1.65. The molecule has 0 saturated carbocycles. The predicted octanol–water partition coefficient (Wildman–Crippen LogP) is 6.33. The number of nitrogens with one attached hydrogen (secondary N) is 1. The average Bonchev–Trinajstić information content (AvgIpc) is 2.96. The van der Waals surface area contributed by atoms with E-state index in [4.69, 9.17) is 23.2 Å². The molecular weight excluding hydrogens is 581 g/mol. The maximum atomic E-state index is 14.2. The van der Waals surface area contributed by atoms with Crippen molar-refractivity contribution in [2.24, 2.45) is 5.92 Å². The largest absolute Gasteiger partial charge is 0.354 e. The molecule has 0 heterocycles. The molecule has 1 atom stereocenters. The topological polar surface area (TPSA) is 86.8 Å². The van der Waals surface area contributed by atoms with Crippen molar-refractivity contribution in [3.8, 4) is 0 Å². The molecule has 0 bridgehead atoms. The summed E-state index contributed by atoms with van der Waals surface area (Å²) in [7, 11) is -4.15. The number of carbonyl (C=O) groups excluding carboxylic acids is 2. The van der Waals surface area contributed by atoms with Crippen molar-refractivity contribution in [3.63, 3.8) is 0 Å². The zero-order chi connectivity index (χ0) is 30.2. The summed E-state index contributed by atoms with van der Waals surface area (Å²) >= 11 is 12.9. The summed E-state index contributed by atoms with van der Waals surface area (Å²) in [6, 6.07) is 19.2. The van der Waals surface area contributed by atoms with Gasteiger partial charge in [-0.2, -0.15) is 0 Å². The molecule has 3 aromatic carbocycles. The number of hydrogen-bond donors (Lipinski definition) is 1. The van der Waals surface area contributed by atoms with E-state index in [-0.39, 0.29) is 23.3 Å². The molecule has 0 unspecified atom stereocenters. The lowest BCUT2D eigenvalue weighted by molar-refractivity contribution is -0.140. The van der Waals surface area contributed by atoms with Gasteiger partial charge in [0.2, 0.25) is 11.8 Å². The lowest BCUT2D eigenvalue weighted by Gasteiger charge is -2.34. The Hall–Kier alpha value is -3.07. The van der Waals surface area contributed by atoms with Crippen molar-refractivity contribution in [3.05, 3.63) is 94.0 Å². The monoisotopic (exact) mass is 617 g/mol. The van der Waals surface area contributed by atoms with Crippen LogP contribution in [0.3, 0.4) is 0 Å². The minimum atomic E-state index is -4.15. The van der Waals surface area contributed by atoms with E-state index in [0.29, 0.717) is 40.7 Å². The number of sulfonamides is 1. The Morgan fingerprint density at radius 1 is 0.878 bits per heavy atom. The fourth-order valence-electron chi connectivity index (χ4n) is 4.48. The van der Waals surface area contributed by atoms with E-state index in [9.17, 15) is 18.0 Å². The SMILES string of the molecule is CCc1ccccc1N(CC(=O)N(Cc1c(Cl)cccc1Cl)[C@@H](CC)C(=O)NCC(C)C)S(=O)(=O)c1ccccc1. The first-order valence-electron chi connectivity index (χ1n) is 13.7. The molecule has 41 heavy (non-hydrogen) atoms. The van der Waals surface area contributed by atoms with Crippen LogP contribution >= 0.6 is 23.2 Å². The van der Waals surface area contributed by atoms with Gasteiger partial charge in [-0.1, -0.05) is 93.4 Å². The van der Waals surface area contributed by atoms with Gasteiger partial charge in [-0.05, 0) is 54.7 Å². The number of rotatable bonds is 13. The molecule has 1 N–H and O–H groups in total. The molecular formula is C31H37Cl2N3O4S. The highest BCUT2D eigenvalue weighted by atomic mass is 35.5. The van der Waals surface area contributed by atoms with Crippen molar-refractivity contribution < 1.29 is 18.0 Å². The number of carbonyl (C=O) groups is 2. The third-order valence-electron chi connectivity index (χ3n) is 6.71. The van der Waals surface area contributed by atoms with E-state index in [1.54, 1.807) is 55.5 Å². The highest BCUT2D eigenvalue weighted by Gasteiger charge is 2.34. The molecule has 3 rings (SSSR count). The Kier molecular flexibility index (Phi) is 11.6. The van der Waals surface area contributed by atoms with Gasteiger partial charge in [-0.15, -0.1) is 0 Å². The average molecular weight is 619 g/mol. The van der Waals surface area contributed by atoms with Crippen molar-refractivity contribution in [1.29, 1.82) is 0 Å². The van der Waals surface area contributed by atoms with Gasteiger partial charge in [0.05, 0.1) is 10.6 Å². The summed E-state index contributed by atoms with van der Waals surface area (Å²) in [6.45, 7) is 7.52. The molecule has 3 aromatic rings. The number of nitrogens with zero attached hydrogens (tertiary/aromatic N) is 2. The molecule has 0 aliphatic heterocycles. The lowest BCUT2D eigenvalue weighted by Crippen LogP contribution is -2.52. The maximum absolute atomic E-state index is 14.2. The molecule has 0 aliphatic rings. The smallest absolute Gasteiger partial charge is 0.264 e. The van der Waals surface area contributed by atoms with Crippen LogP contribution in [0.15, 0.2) is 77.7 Å². The number of amides is 2. The molecule has 0 fully saturated rings. The molecule has 0 radical (unpaired) electrons. The second-order valence-corrected chi connectivity index (χ2v) is 12.8. The maximum Gasteiger partial charge on any atom is 0.264 e. The van der Waals surface area contributed by atoms with Crippen LogP contribution in [0.1, 0.15) is 45.2 Å². The minimum Gasteiger partial charge on any atom is -0.354 e. The highest BCUT2D eigenvalue weighted by molar-refractivity contribution is 7.92. The number of hydrogen-bond acceptors (Lipinski definition) is 4. The van der Waals surface area contributed by atoms with Crippen LogP contribution in [-0.2, 0) is 32.6 Å². The molecule has 0 aromatic heterocycles. The van der Waals surface area contributed by atoms with Gasteiger partial charge in [-0.3, -0.25) is 13.9 Å². The van der Waals surface area contributed by atoms with Crippen molar-refractivity contribution >= 4 is 50.7 Å². The first-order chi connectivity index (χ1) is 19.5. The quantitative estimate of drug-likeness (QED) is 0.243. The molecule has 2 amide bonds. The number of benzene rings is 3. The molecule has 0 saturated heterocycles. The van der Waals surface area contributed by atoms with Gasteiger partial charge < -0.3 is 10.2 Å². The van der Waals surface area contributed by atoms with Crippen LogP contribution in [0, 0.1) is 5.92 Å².